The molecule has 8 aliphatic rings. The Kier molecular flexibility index (Phi) is 3.62. The number of carbonyl (C=O) groups excluding carboxylic acids is 2. The van der Waals surface area contributed by atoms with E-state index in [0.717, 1.165) is 7.11 Å². The number of rotatable bonds is 1. The molecule has 192 valence electrons. The van der Waals surface area contributed by atoms with Crippen LogP contribution in [0.4, 0.5) is 10.5 Å². The number of hydrogen-bond acceptors (Lipinski definition) is 11. The molecule has 0 aromatic heterocycles. The highest BCUT2D eigenvalue weighted by molar-refractivity contribution is 6.02. The normalized spacial score (nSPS) is 48.1. The van der Waals surface area contributed by atoms with Gasteiger partial charge in [0.1, 0.15) is 11.6 Å². The van der Waals surface area contributed by atoms with E-state index in [0.29, 0.717) is 42.3 Å². The fourth-order valence-corrected chi connectivity index (χ4v) is 9.43. The first-order chi connectivity index (χ1) is 17.3. The van der Waals surface area contributed by atoms with Gasteiger partial charge in [-0.25, -0.2) is 9.59 Å². The summed E-state index contributed by atoms with van der Waals surface area (Å²) < 4.78 is 27.7. The second kappa shape index (κ2) is 6.08. The number of ether oxygens (including phenoxy) is 5. The van der Waals surface area contributed by atoms with Crippen LogP contribution < -0.4 is 14.4 Å². The Labute approximate surface area is 205 Å². The van der Waals surface area contributed by atoms with Crippen molar-refractivity contribution in [3.63, 3.8) is 0 Å². The number of benzene rings is 1. The standard InChI is InChI=1S/C24H26N2O10/c1-32-19(29)24(31)18(28)23-13(27)7-22(24)21(5-6-25(17(21)23)8-12-16(23)36-12)10-3-4-11-15(35-9-34-11)14(10)26(22)20(30)33-2/h3-4,12-13,16-18,27-28,31H,5-9H2,1-2H3. The number of anilines is 1. The maximum atomic E-state index is 13.7. The van der Waals surface area contributed by atoms with Gasteiger partial charge < -0.3 is 39.0 Å². The fraction of sp³-hybridized carbons (Fsp3) is 0.667. The van der Waals surface area contributed by atoms with Crippen molar-refractivity contribution < 1.29 is 48.6 Å². The predicted molar refractivity (Wildman–Crippen MR) is 117 cm³/mol. The lowest BCUT2D eigenvalue weighted by Gasteiger charge is -2.73. The highest BCUT2D eigenvalue weighted by atomic mass is 16.7. The molecule has 6 fully saturated rings. The van der Waals surface area contributed by atoms with Crippen molar-refractivity contribution in [2.45, 2.75) is 59.9 Å². The molecule has 3 spiro atoms. The third-order valence-electron chi connectivity index (χ3n) is 10.3. The topological polar surface area (TPSA) is 151 Å². The van der Waals surface area contributed by atoms with E-state index in [9.17, 15) is 24.9 Å². The lowest BCUT2D eigenvalue weighted by molar-refractivity contribution is -0.308. The summed E-state index contributed by atoms with van der Waals surface area (Å²) in [5.74, 6) is -0.388. The van der Waals surface area contributed by atoms with Crippen molar-refractivity contribution in [3.05, 3.63) is 17.7 Å². The first-order valence-corrected chi connectivity index (χ1v) is 12.1. The molecule has 3 saturated heterocycles. The van der Waals surface area contributed by atoms with E-state index in [4.69, 9.17) is 23.7 Å². The molecule has 9 unspecified atom stereocenters. The molecule has 3 aliphatic carbocycles. The zero-order chi connectivity index (χ0) is 25.0. The van der Waals surface area contributed by atoms with Crippen molar-refractivity contribution in [1.29, 1.82) is 0 Å². The summed E-state index contributed by atoms with van der Waals surface area (Å²) >= 11 is 0. The summed E-state index contributed by atoms with van der Waals surface area (Å²) in [6, 6.07) is 3.05. The third-order valence-corrected chi connectivity index (χ3v) is 10.3. The second-order valence-electron chi connectivity index (χ2n) is 11.0. The average Bonchev–Trinajstić information content (AvgIpc) is 3.22. The Bertz CT molecular complexity index is 1260. The molecule has 3 saturated carbocycles. The number of carbonyl (C=O) groups is 2. The molecular formula is C24H26N2O10. The molecule has 9 rings (SSSR count). The lowest BCUT2D eigenvalue weighted by Crippen LogP contribution is -2.94. The van der Waals surface area contributed by atoms with Crippen LogP contribution in [0.2, 0.25) is 0 Å². The van der Waals surface area contributed by atoms with Gasteiger partial charge in [0, 0.05) is 24.4 Å². The Morgan fingerprint density at radius 3 is 2.72 bits per heavy atom. The summed E-state index contributed by atoms with van der Waals surface area (Å²) in [7, 11) is 2.33. The van der Waals surface area contributed by atoms with Gasteiger partial charge in [-0.05, 0) is 24.6 Å². The molecule has 1 amide bonds. The van der Waals surface area contributed by atoms with Gasteiger partial charge in [0.2, 0.25) is 12.4 Å². The molecule has 12 heteroatoms. The Balaban J connectivity index is 1.54. The van der Waals surface area contributed by atoms with E-state index in [2.05, 4.69) is 4.90 Å². The number of nitrogens with zero attached hydrogens (tertiary/aromatic N) is 2. The van der Waals surface area contributed by atoms with Crippen molar-refractivity contribution in [2.75, 3.05) is 39.0 Å². The number of amides is 1. The van der Waals surface area contributed by atoms with Gasteiger partial charge in [0.25, 0.3) is 0 Å². The van der Waals surface area contributed by atoms with Crippen LogP contribution in [0.5, 0.6) is 11.5 Å². The Morgan fingerprint density at radius 2 is 1.97 bits per heavy atom. The third kappa shape index (κ3) is 1.73. The number of hydrogen-bond donors (Lipinski definition) is 3. The van der Waals surface area contributed by atoms with Crippen molar-refractivity contribution in [3.8, 4) is 11.5 Å². The van der Waals surface area contributed by atoms with Crippen LogP contribution >= 0.6 is 0 Å². The smallest absolute Gasteiger partial charge is 0.414 e. The number of aliphatic hydroxyl groups is 3. The molecule has 5 aliphatic heterocycles. The second-order valence-corrected chi connectivity index (χ2v) is 11.0. The summed E-state index contributed by atoms with van der Waals surface area (Å²) in [6.45, 7) is 1.08. The number of methoxy groups -OCH3 is 2. The van der Waals surface area contributed by atoms with Crippen LogP contribution in [0.15, 0.2) is 12.1 Å². The zero-order valence-electron chi connectivity index (χ0n) is 19.7. The number of esters is 1. The van der Waals surface area contributed by atoms with Crippen molar-refractivity contribution >= 4 is 17.7 Å². The van der Waals surface area contributed by atoms with Gasteiger partial charge >= 0.3 is 12.1 Å². The Morgan fingerprint density at radius 1 is 1.17 bits per heavy atom. The summed E-state index contributed by atoms with van der Waals surface area (Å²) in [6.07, 6.45) is -4.38. The minimum absolute atomic E-state index is 0.0651. The highest BCUT2D eigenvalue weighted by Crippen LogP contribution is 2.79. The molecule has 0 radical (unpaired) electrons. The minimum atomic E-state index is -2.61. The number of epoxide rings is 1. The van der Waals surface area contributed by atoms with Crippen LogP contribution in [0.3, 0.4) is 0 Å². The van der Waals surface area contributed by atoms with Crippen LogP contribution in [0.1, 0.15) is 18.4 Å². The molecular weight excluding hydrogens is 476 g/mol. The molecule has 1 aromatic carbocycles. The van der Waals surface area contributed by atoms with E-state index in [1.165, 1.54) is 12.0 Å². The van der Waals surface area contributed by atoms with Gasteiger partial charge in [0.05, 0.1) is 43.6 Å². The maximum Gasteiger partial charge on any atom is 0.414 e. The van der Waals surface area contributed by atoms with E-state index in [1.807, 2.05) is 6.07 Å². The number of piperidine rings is 1. The van der Waals surface area contributed by atoms with Crippen molar-refractivity contribution in [2.24, 2.45) is 5.41 Å². The quantitative estimate of drug-likeness (QED) is 0.316. The zero-order valence-corrected chi connectivity index (χ0v) is 19.7. The van der Waals surface area contributed by atoms with E-state index in [-0.39, 0.29) is 19.3 Å². The van der Waals surface area contributed by atoms with Gasteiger partial charge in [-0.2, -0.15) is 0 Å². The average molecular weight is 502 g/mol. The van der Waals surface area contributed by atoms with E-state index in [1.54, 1.807) is 6.07 Å². The first kappa shape index (κ1) is 21.4. The SMILES string of the molecule is COC(=O)N1c2c(ccc3c2OCO3)C23CCN4CC5OC5C5(C(O)CC12C(O)(C(=O)OC)C5O)C43. The van der Waals surface area contributed by atoms with Gasteiger partial charge in [-0.3, -0.25) is 9.80 Å². The molecule has 12 nitrogen and oxygen atoms in total. The number of fused-ring (bicyclic) bond motifs is 6. The Hall–Kier alpha value is -2.64. The number of aliphatic hydroxyl groups excluding tert-OH is 2. The van der Waals surface area contributed by atoms with Crippen LogP contribution in [-0.2, 0) is 24.4 Å². The van der Waals surface area contributed by atoms with Crippen molar-refractivity contribution in [1.82, 2.24) is 4.90 Å². The monoisotopic (exact) mass is 502 g/mol. The molecule has 3 N–H and O–H groups in total. The fourth-order valence-electron chi connectivity index (χ4n) is 9.43. The highest BCUT2D eigenvalue weighted by Gasteiger charge is 2.95. The van der Waals surface area contributed by atoms with E-state index < -0.39 is 58.4 Å². The van der Waals surface area contributed by atoms with Crippen LogP contribution in [-0.4, -0.2) is 108 Å². The summed E-state index contributed by atoms with van der Waals surface area (Å²) in [4.78, 5) is 30.7. The molecule has 5 heterocycles. The van der Waals surface area contributed by atoms with Crippen LogP contribution in [0.25, 0.3) is 0 Å². The first-order valence-electron chi connectivity index (χ1n) is 12.1. The molecule has 2 bridgehead atoms. The van der Waals surface area contributed by atoms with Crippen LogP contribution in [0, 0.1) is 5.41 Å². The summed E-state index contributed by atoms with van der Waals surface area (Å²) in [5, 5.41) is 36.5. The molecule has 1 aromatic rings. The largest absolute Gasteiger partial charge is 0.467 e. The predicted octanol–water partition coefficient (Wildman–Crippen LogP) is -1.14. The maximum absolute atomic E-state index is 13.7. The molecule has 9 atom stereocenters. The van der Waals surface area contributed by atoms with Gasteiger partial charge in [0.15, 0.2) is 11.5 Å². The van der Waals surface area contributed by atoms with Gasteiger partial charge in [-0.1, -0.05) is 6.07 Å². The molecule has 36 heavy (non-hydrogen) atoms. The van der Waals surface area contributed by atoms with Gasteiger partial charge in [-0.15, -0.1) is 0 Å². The summed E-state index contributed by atoms with van der Waals surface area (Å²) in [5.41, 5.74) is -5.92. The lowest BCUT2D eigenvalue weighted by atomic mass is 9.35. The van der Waals surface area contributed by atoms with E-state index >= 15 is 0 Å². The minimum Gasteiger partial charge on any atom is -0.467 e.